The largest absolute Gasteiger partial charge is 0.380 e. The minimum absolute atomic E-state index is 0.0175. The summed E-state index contributed by atoms with van der Waals surface area (Å²) >= 11 is 0. The number of nitrogens with zero attached hydrogens (tertiary/aromatic N) is 1. The van der Waals surface area contributed by atoms with Crippen LogP contribution in [0, 0.1) is 0 Å². The molecule has 2 atom stereocenters. The highest BCUT2D eigenvalue weighted by Gasteiger charge is 2.25. The molecule has 3 N–H and O–H groups in total. The van der Waals surface area contributed by atoms with Crippen molar-refractivity contribution >= 4 is 5.91 Å². The van der Waals surface area contributed by atoms with E-state index in [-0.39, 0.29) is 12.0 Å². The van der Waals surface area contributed by atoms with Gasteiger partial charge in [-0.25, -0.2) is 0 Å². The van der Waals surface area contributed by atoms with E-state index < -0.39 is 0 Å². The van der Waals surface area contributed by atoms with Crippen LogP contribution in [0.3, 0.4) is 0 Å². The Balaban J connectivity index is 1.78. The summed E-state index contributed by atoms with van der Waals surface area (Å²) in [5.41, 5.74) is 6.87. The number of nitrogens with two attached hydrogens (primary N) is 1. The summed E-state index contributed by atoms with van der Waals surface area (Å²) in [4.78, 5) is 14.4. The fraction of sp³-hybridized carbons (Fsp3) is 0.588. The number of hydrogen-bond acceptors (Lipinski definition) is 4. The number of hydrogen-bond donors (Lipinski definition) is 2. The molecule has 0 aliphatic carbocycles. The molecule has 0 bridgehead atoms. The number of rotatable bonds is 8. The smallest absolute Gasteiger partial charge is 0.222 e. The maximum atomic E-state index is 11.9. The Labute approximate surface area is 132 Å². The Bertz CT molecular complexity index is 448. The lowest BCUT2D eigenvalue weighted by atomic mass is 10.1. The summed E-state index contributed by atoms with van der Waals surface area (Å²) in [6.45, 7) is 3.12. The van der Waals surface area contributed by atoms with Crippen molar-refractivity contribution in [2.75, 3.05) is 26.7 Å². The van der Waals surface area contributed by atoms with Gasteiger partial charge in [0.2, 0.25) is 5.91 Å². The first-order valence-corrected chi connectivity index (χ1v) is 8.00. The number of carbonyl (C=O) groups is 1. The third-order valence-corrected chi connectivity index (χ3v) is 4.27. The minimum atomic E-state index is -0.191. The number of carbonyl (C=O) groups excluding carboxylic acids is 1. The predicted molar refractivity (Wildman–Crippen MR) is 87.4 cm³/mol. The van der Waals surface area contributed by atoms with E-state index in [2.05, 4.69) is 34.5 Å². The van der Waals surface area contributed by atoms with Gasteiger partial charge in [-0.1, -0.05) is 30.3 Å². The molecule has 5 nitrogen and oxygen atoms in total. The number of amides is 1. The Morgan fingerprint density at radius 1 is 1.45 bits per heavy atom. The Morgan fingerprint density at radius 2 is 2.23 bits per heavy atom. The van der Waals surface area contributed by atoms with Crippen LogP contribution in [0.25, 0.3) is 0 Å². The standard InChI is InChI=1S/C17H27N3O2/c1-22-16(11-18)10-17(21)19-12-15-8-5-9-20(15)13-14-6-3-2-4-7-14/h2-4,6-7,15-16H,5,8-13,18H2,1H3,(H,19,21). The van der Waals surface area contributed by atoms with E-state index in [1.54, 1.807) is 7.11 Å². The average Bonchev–Trinajstić information content (AvgIpc) is 2.98. The average molecular weight is 305 g/mol. The van der Waals surface area contributed by atoms with Crippen LogP contribution in [-0.4, -0.2) is 49.7 Å². The SMILES string of the molecule is COC(CN)CC(=O)NCC1CCCN1Cc1ccccc1. The van der Waals surface area contributed by atoms with Crippen LogP contribution in [-0.2, 0) is 16.1 Å². The lowest BCUT2D eigenvalue weighted by Gasteiger charge is -2.25. The first-order chi connectivity index (χ1) is 10.7. The van der Waals surface area contributed by atoms with Gasteiger partial charge in [0.1, 0.15) is 0 Å². The number of ether oxygens (including phenoxy) is 1. The number of nitrogens with one attached hydrogen (secondary N) is 1. The molecule has 1 saturated heterocycles. The van der Waals surface area contributed by atoms with Crippen LogP contribution in [0.15, 0.2) is 30.3 Å². The molecule has 1 heterocycles. The van der Waals surface area contributed by atoms with Gasteiger partial charge < -0.3 is 15.8 Å². The molecule has 1 fully saturated rings. The van der Waals surface area contributed by atoms with Crippen LogP contribution < -0.4 is 11.1 Å². The van der Waals surface area contributed by atoms with E-state index in [0.29, 0.717) is 25.6 Å². The van der Waals surface area contributed by atoms with E-state index in [1.807, 2.05) is 6.07 Å². The maximum Gasteiger partial charge on any atom is 0.222 e. The van der Waals surface area contributed by atoms with Gasteiger partial charge >= 0.3 is 0 Å². The highest BCUT2D eigenvalue weighted by molar-refractivity contribution is 5.76. The molecule has 1 amide bonds. The molecule has 1 aromatic rings. The van der Waals surface area contributed by atoms with Gasteiger partial charge in [0.05, 0.1) is 12.5 Å². The molecular weight excluding hydrogens is 278 g/mol. The molecule has 2 unspecified atom stereocenters. The van der Waals surface area contributed by atoms with Crippen molar-refractivity contribution in [1.82, 2.24) is 10.2 Å². The van der Waals surface area contributed by atoms with Gasteiger partial charge in [0.25, 0.3) is 0 Å². The van der Waals surface area contributed by atoms with E-state index in [9.17, 15) is 4.79 Å². The van der Waals surface area contributed by atoms with Gasteiger partial charge in [0.15, 0.2) is 0 Å². The third-order valence-electron chi connectivity index (χ3n) is 4.27. The van der Waals surface area contributed by atoms with Crippen LogP contribution in [0.4, 0.5) is 0 Å². The maximum absolute atomic E-state index is 11.9. The fourth-order valence-electron chi connectivity index (χ4n) is 2.93. The Morgan fingerprint density at radius 3 is 2.91 bits per heavy atom. The van der Waals surface area contributed by atoms with Gasteiger partial charge in [-0.3, -0.25) is 9.69 Å². The summed E-state index contributed by atoms with van der Waals surface area (Å²) in [6, 6.07) is 10.9. The van der Waals surface area contributed by atoms with E-state index >= 15 is 0 Å². The van der Waals surface area contributed by atoms with Crippen molar-refractivity contribution in [1.29, 1.82) is 0 Å². The van der Waals surface area contributed by atoms with Crippen molar-refractivity contribution in [2.45, 2.75) is 38.0 Å². The van der Waals surface area contributed by atoms with Crippen molar-refractivity contribution in [3.8, 4) is 0 Å². The van der Waals surface area contributed by atoms with Crippen LogP contribution >= 0.6 is 0 Å². The number of benzene rings is 1. The molecule has 0 radical (unpaired) electrons. The molecule has 0 spiro atoms. The number of likely N-dealkylation sites (tertiary alicyclic amines) is 1. The van der Waals surface area contributed by atoms with Crippen molar-refractivity contribution in [3.63, 3.8) is 0 Å². The quantitative estimate of drug-likeness (QED) is 0.755. The Hall–Kier alpha value is -1.43. The molecule has 1 aromatic carbocycles. The van der Waals surface area contributed by atoms with Crippen LogP contribution in [0.2, 0.25) is 0 Å². The Kier molecular flexibility index (Phi) is 6.83. The van der Waals surface area contributed by atoms with Crippen LogP contribution in [0.1, 0.15) is 24.8 Å². The normalized spacial score (nSPS) is 20.0. The van der Waals surface area contributed by atoms with Gasteiger partial charge in [-0.05, 0) is 24.9 Å². The predicted octanol–water partition coefficient (Wildman–Crippen LogP) is 1.13. The molecule has 22 heavy (non-hydrogen) atoms. The first kappa shape index (κ1) is 16.9. The lowest BCUT2D eigenvalue weighted by molar-refractivity contribution is -0.123. The number of methoxy groups -OCH3 is 1. The van der Waals surface area contributed by atoms with Crippen molar-refractivity contribution in [3.05, 3.63) is 35.9 Å². The molecule has 0 saturated carbocycles. The minimum Gasteiger partial charge on any atom is -0.380 e. The molecule has 2 rings (SSSR count). The zero-order valence-corrected chi connectivity index (χ0v) is 13.3. The summed E-state index contributed by atoms with van der Waals surface area (Å²) in [7, 11) is 1.59. The summed E-state index contributed by atoms with van der Waals surface area (Å²) in [5, 5.41) is 3.02. The first-order valence-electron chi connectivity index (χ1n) is 8.00. The molecular formula is C17H27N3O2. The summed E-state index contributed by atoms with van der Waals surface area (Å²) < 4.78 is 5.15. The van der Waals surface area contributed by atoms with Crippen LogP contribution in [0.5, 0.6) is 0 Å². The second-order valence-electron chi connectivity index (χ2n) is 5.85. The van der Waals surface area contributed by atoms with Gasteiger partial charge in [-0.15, -0.1) is 0 Å². The molecule has 0 aromatic heterocycles. The van der Waals surface area contributed by atoms with E-state index in [1.165, 1.54) is 12.0 Å². The zero-order valence-electron chi connectivity index (χ0n) is 13.3. The summed E-state index contributed by atoms with van der Waals surface area (Å²) in [6.07, 6.45) is 2.47. The van der Waals surface area contributed by atoms with Gasteiger partial charge in [-0.2, -0.15) is 0 Å². The fourth-order valence-corrected chi connectivity index (χ4v) is 2.93. The topological polar surface area (TPSA) is 67.6 Å². The second kappa shape index (κ2) is 8.88. The third kappa shape index (κ3) is 5.09. The zero-order chi connectivity index (χ0) is 15.8. The van der Waals surface area contributed by atoms with E-state index in [4.69, 9.17) is 10.5 Å². The highest BCUT2D eigenvalue weighted by Crippen LogP contribution is 2.19. The van der Waals surface area contributed by atoms with Crippen molar-refractivity contribution in [2.24, 2.45) is 5.73 Å². The molecule has 1 aliphatic rings. The molecule has 5 heteroatoms. The lowest BCUT2D eigenvalue weighted by Crippen LogP contribution is -2.41. The second-order valence-corrected chi connectivity index (χ2v) is 5.85. The molecule has 122 valence electrons. The highest BCUT2D eigenvalue weighted by atomic mass is 16.5. The molecule has 1 aliphatic heterocycles. The monoisotopic (exact) mass is 305 g/mol. The summed E-state index contributed by atoms with van der Waals surface area (Å²) in [5.74, 6) is 0.0175. The van der Waals surface area contributed by atoms with Gasteiger partial charge in [0, 0.05) is 32.8 Å². The van der Waals surface area contributed by atoms with Crippen molar-refractivity contribution < 1.29 is 9.53 Å². The van der Waals surface area contributed by atoms with E-state index in [0.717, 1.165) is 19.5 Å².